The summed E-state index contributed by atoms with van der Waals surface area (Å²) < 4.78 is 5.16. The molecule has 1 aromatic rings. The first-order chi connectivity index (χ1) is 9.19. The number of rotatable bonds is 4. The van der Waals surface area contributed by atoms with Crippen LogP contribution in [-0.4, -0.2) is 32.1 Å². The molecule has 1 heterocycles. The van der Waals surface area contributed by atoms with Gasteiger partial charge in [-0.2, -0.15) is 0 Å². The van der Waals surface area contributed by atoms with Crippen molar-refractivity contribution < 1.29 is 9.53 Å². The number of nitrogens with one attached hydrogen (secondary N) is 2. The first kappa shape index (κ1) is 13.9. The SMILES string of the molecule is COc1cccc(CC(=O)NC2CCNCC2C)c1. The van der Waals surface area contributed by atoms with Crippen LogP contribution in [0.5, 0.6) is 5.75 Å². The maximum Gasteiger partial charge on any atom is 0.224 e. The van der Waals surface area contributed by atoms with Gasteiger partial charge in [-0.25, -0.2) is 0 Å². The second-order valence-electron chi connectivity index (χ2n) is 5.17. The van der Waals surface area contributed by atoms with Crippen LogP contribution in [0.25, 0.3) is 0 Å². The number of benzene rings is 1. The smallest absolute Gasteiger partial charge is 0.224 e. The molecule has 19 heavy (non-hydrogen) atoms. The Labute approximate surface area is 114 Å². The molecule has 1 aromatic carbocycles. The van der Waals surface area contributed by atoms with Gasteiger partial charge in [-0.05, 0) is 43.1 Å². The topological polar surface area (TPSA) is 50.4 Å². The van der Waals surface area contributed by atoms with E-state index in [0.29, 0.717) is 18.4 Å². The van der Waals surface area contributed by atoms with E-state index in [0.717, 1.165) is 30.8 Å². The van der Waals surface area contributed by atoms with Gasteiger partial charge in [-0.1, -0.05) is 19.1 Å². The van der Waals surface area contributed by atoms with E-state index in [1.807, 2.05) is 24.3 Å². The highest BCUT2D eigenvalue weighted by molar-refractivity contribution is 5.79. The van der Waals surface area contributed by atoms with Crippen molar-refractivity contribution in [3.63, 3.8) is 0 Å². The van der Waals surface area contributed by atoms with Crippen molar-refractivity contribution in [3.8, 4) is 5.75 Å². The molecule has 104 valence electrons. The molecule has 0 saturated carbocycles. The number of hydrogen-bond donors (Lipinski definition) is 2. The first-order valence-electron chi connectivity index (χ1n) is 6.82. The molecule has 2 unspecified atom stereocenters. The molecule has 1 aliphatic rings. The number of piperidine rings is 1. The zero-order chi connectivity index (χ0) is 13.7. The Morgan fingerprint density at radius 2 is 2.37 bits per heavy atom. The zero-order valence-corrected chi connectivity index (χ0v) is 11.6. The van der Waals surface area contributed by atoms with Crippen LogP contribution in [0.2, 0.25) is 0 Å². The minimum atomic E-state index is 0.0898. The monoisotopic (exact) mass is 262 g/mol. The van der Waals surface area contributed by atoms with Crippen LogP contribution in [0.4, 0.5) is 0 Å². The van der Waals surface area contributed by atoms with Gasteiger partial charge in [0.25, 0.3) is 0 Å². The largest absolute Gasteiger partial charge is 0.497 e. The molecular formula is C15H22N2O2. The van der Waals surface area contributed by atoms with Crippen LogP contribution < -0.4 is 15.4 Å². The molecule has 0 bridgehead atoms. The van der Waals surface area contributed by atoms with Crippen LogP contribution >= 0.6 is 0 Å². The molecule has 0 aliphatic carbocycles. The number of amides is 1. The lowest BCUT2D eigenvalue weighted by Crippen LogP contribution is -2.48. The Morgan fingerprint density at radius 3 is 3.11 bits per heavy atom. The molecule has 2 atom stereocenters. The summed E-state index contributed by atoms with van der Waals surface area (Å²) in [5.41, 5.74) is 0.985. The standard InChI is InChI=1S/C15H22N2O2/c1-11-10-16-7-6-14(11)17-15(18)9-12-4-3-5-13(8-12)19-2/h3-5,8,11,14,16H,6-7,9-10H2,1-2H3,(H,17,18). The predicted molar refractivity (Wildman–Crippen MR) is 75.3 cm³/mol. The van der Waals surface area contributed by atoms with Crippen LogP contribution in [-0.2, 0) is 11.2 Å². The van der Waals surface area contributed by atoms with Crippen LogP contribution in [0.3, 0.4) is 0 Å². The van der Waals surface area contributed by atoms with Gasteiger partial charge in [0, 0.05) is 6.04 Å². The van der Waals surface area contributed by atoms with Crippen molar-refractivity contribution in [1.82, 2.24) is 10.6 Å². The van der Waals surface area contributed by atoms with Crippen molar-refractivity contribution in [2.45, 2.75) is 25.8 Å². The summed E-state index contributed by atoms with van der Waals surface area (Å²) in [6, 6.07) is 7.95. The average Bonchev–Trinajstić information content (AvgIpc) is 2.41. The zero-order valence-electron chi connectivity index (χ0n) is 11.6. The molecule has 2 rings (SSSR count). The summed E-state index contributed by atoms with van der Waals surface area (Å²) in [5, 5.41) is 6.47. The molecule has 2 N–H and O–H groups in total. The van der Waals surface area contributed by atoms with Crippen molar-refractivity contribution in [2.75, 3.05) is 20.2 Å². The predicted octanol–water partition coefficient (Wildman–Crippen LogP) is 1.35. The van der Waals surface area contributed by atoms with Crippen molar-refractivity contribution in [2.24, 2.45) is 5.92 Å². The fourth-order valence-electron chi connectivity index (χ4n) is 2.45. The lowest BCUT2D eigenvalue weighted by atomic mass is 9.95. The highest BCUT2D eigenvalue weighted by atomic mass is 16.5. The van der Waals surface area contributed by atoms with Gasteiger partial charge < -0.3 is 15.4 Å². The summed E-state index contributed by atoms with van der Waals surface area (Å²) in [7, 11) is 1.63. The Balaban J connectivity index is 1.89. The molecule has 4 nitrogen and oxygen atoms in total. The van der Waals surface area contributed by atoms with Gasteiger partial charge in [0.05, 0.1) is 13.5 Å². The molecule has 0 spiro atoms. The quantitative estimate of drug-likeness (QED) is 0.861. The Morgan fingerprint density at radius 1 is 1.53 bits per heavy atom. The van der Waals surface area contributed by atoms with Gasteiger partial charge in [-0.15, -0.1) is 0 Å². The van der Waals surface area contributed by atoms with Crippen molar-refractivity contribution in [3.05, 3.63) is 29.8 Å². The second-order valence-corrected chi connectivity index (χ2v) is 5.17. The number of methoxy groups -OCH3 is 1. The van der Waals surface area contributed by atoms with Gasteiger partial charge >= 0.3 is 0 Å². The Hall–Kier alpha value is -1.55. The molecule has 1 amide bonds. The lowest BCUT2D eigenvalue weighted by Gasteiger charge is -2.30. The molecule has 4 heteroatoms. The van der Waals surface area contributed by atoms with Gasteiger partial charge in [0.15, 0.2) is 0 Å². The first-order valence-corrected chi connectivity index (χ1v) is 6.82. The fourth-order valence-corrected chi connectivity index (χ4v) is 2.45. The highest BCUT2D eigenvalue weighted by Gasteiger charge is 2.22. The Bertz CT molecular complexity index is 434. The molecule has 1 fully saturated rings. The van der Waals surface area contributed by atoms with E-state index in [-0.39, 0.29) is 5.91 Å². The third-order valence-corrected chi connectivity index (χ3v) is 3.63. The third kappa shape index (κ3) is 3.96. The minimum absolute atomic E-state index is 0.0898. The van der Waals surface area contributed by atoms with E-state index in [1.54, 1.807) is 7.11 Å². The summed E-state index contributed by atoms with van der Waals surface area (Å²) >= 11 is 0. The maximum atomic E-state index is 12.1. The maximum absolute atomic E-state index is 12.1. The van der Waals surface area contributed by atoms with Crippen molar-refractivity contribution >= 4 is 5.91 Å². The third-order valence-electron chi connectivity index (χ3n) is 3.63. The van der Waals surface area contributed by atoms with Crippen molar-refractivity contribution in [1.29, 1.82) is 0 Å². The van der Waals surface area contributed by atoms with E-state index >= 15 is 0 Å². The summed E-state index contributed by atoms with van der Waals surface area (Å²) in [4.78, 5) is 12.1. The highest BCUT2D eigenvalue weighted by Crippen LogP contribution is 2.14. The lowest BCUT2D eigenvalue weighted by molar-refractivity contribution is -0.121. The molecule has 1 saturated heterocycles. The van der Waals surface area contributed by atoms with Crippen LogP contribution in [0.1, 0.15) is 18.9 Å². The number of ether oxygens (including phenoxy) is 1. The summed E-state index contributed by atoms with van der Waals surface area (Å²) in [5.74, 6) is 1.37. The van der Waals surface area contributed by atoms with Gasteiger partial charge in [0.2, 0.25) is 5.91 Å². The van der Waals surface area contributed by atoms with Crippen LogP contribution in [0, 0.1) is 5.92 Å². The molecule has 0 aromatic heterocycles. The summed E-state index contributed by atoms with van der Waals surface area (Å²) in [6.45, 7) is 4.13. The van der Waals surface area contributed by atoms with Gasteiger partial charge in [0.1, 0.15) is 5.75 Å². The van der Waals surface area contributed by atoms with Gasteiger partial charge in [-0.3, -0.25) is 4.79 Å². The molecule has 1 aliphatic heterocycles. The minimum Gasteiger partial charge on any atom is -0.497 e. The van der Waals surface area contributed by atoms with E-state index < -0.39 is 0 Å². The van der Waals surface area contributed by atoms with E-state index in [9.17, 15) is 4.79 Å². The van der Waals surface area contributed by atoms with E-state index in [2.05, 4.69) is 17.6 Å². The number of carbonyl (C=O) groups excluding carboxylic acids is 1. The van der Waals surface area contributed by atoms with E-state index in [4.69, 9.17) is 4.74 Å². The average molecular weight is 262 g/mol. The normalized spacial score (nSPS) is 22.8. The number of hydrogen-bond acceptors (Lipinski definition) is 3. The van der Waals surface area contributed by atoms with Crippen LogP contribution in [0.15, 0.2) is 24.3 Å². The molecule has 0 radical (unpaired) electrons. The number of carbonyl (C=O) groups is 1. The van der Waals surface area contributed by atoms with E-state index in [1.165, 1.54) is 0 Å². The fraction of sp³-hybridized carbons (Fsp3) is 0.533. The Kier molecular flexibility index (Phi) is 4.80. The summed E-state index contributed by atoms with van der Waals surface area (Å²) in [6.07, 6.45) is 1.42. The molecular weight excluding hydrogens is 240 g/mol. The second kappa shape index (κ2) is 6.57.